The number of benzene rings is 2. The number of ether oxygens (including phenoxy) is 1. The number of nitrogens with one attached hydrogen (secondary N) is 1. The Labute approximate surface area is 212 Å². The molecule has 0 aliphatic carbocycles. The maximum absolute atomic E-state index is 12.5. The zero-order chi connectivity index (χ0) is 24.1. The zero-order valence-electron chi connectivity index (χ0n) is 19.3. The maximum atomic E-state index is 12.5. The van der Waals surface area contributed by atoms with Crippen molar-refractivity contribution < 1.29 is 9.53 Å². The quantitative estimate of drug-likeness (QED) is 0.283. The summed E-state index contributed by atoms with van der Waals surface area (Å²) in [6, 6.07) is 13.5. The predicted octanol–water partition coefficient (Wildman–Crippen LogP) is 7.27. The summed E-state index contributed by atoms with van der Waals surface area (Å²) in [7, 11) is 0. The molecule has 1 atom stereocenters. The maximum Gasteiger partial charge on any atom is 0.234 e. The molecule has 6 nitrogen and oxygen atoms in total. The van der Waals surface area contributed by atoms with E-state index in [1.54, 1.807) is 18.2 Å². The van der Waals surface area contributed by atoms with Crippen LogP contribution < -0.4 is 10.1 Å². The van der Waals surface area contributed by atoms with E-state index in [1.807, 2.05) is 29.7 Å². The molecule has 1 heterocycles. The number of aromatic nitrogens is 3. The van der Waals surface area contributed by atoms with Gasteiger partial charge in [0.05, 0.1) is 10.8 Å². The summed E-state index contributed by atoms with van der Waals surface area (Å²) in [5.74, 6) is 1.98. The number of para-hydroxylation sites is 1. The van der Waals surface area contributed by atoms with Crippen molar-refractivity contribution in [1.82, 2.24) is 14.8 Å². The van der Waals surface area contributed by atoms with E-state index in [2.05, 4.69) is 65.2 Å². The number of thioether (sulfide) groups is 1. The molecule has 1 aromatic heterocycles. The van der Waals surface area contributed by atoms with Crippen LogP contribution in [0.2, 0.25) is 5.02 Å². The fraction of sp³-hybridized carbons (Fsp3) is 0.375. The van der Waals surface area contributed by atoms with Crippen molar-refractivity contribution in [3.63, 3.8) is 0 Å². The molecule has 0 fully saturated rings. The molecule has 3 aromatic rings. The van der Waals surface area contributed by atoms with Crippen molar-refractivity contribution >= 4 is 50.9 Å². The molecule has 1 unspecified atom stereocenters. The second kappa shape index (κ2) is 11.4. The summed E-state index contributed by atoms with van der Waals surface area (Å²) in [5, 5.41) is 12.8. The molecule has 0 radical (unpaired) electrons. The second-order valence-electron chi connectivity index (χ2n) is 8.22. The Morgan fingerprint density at radius 3 is 2.55 bits per heavy atom. The smallest absolute Gasteiger partial charge is 0.234 e. The zero-order valence-corrected chi connectivity index (χ0v) is 22.5. The van der Waals surface area contributed by atoms with Crippen LogP contribution in [0.25, 0.3) is 0 Å². The van der Waals surface area contributed by atoms with Crippen molar-refractivity contribution in [2.24, 2.45) is 0 Å². The lowest BCUT2D eigenvalue weighted by molar-refractivity contribution is -0.113. The Bertz CT molecular complexity index is 1120. The summed E-state index contributed by atoms with van der Waals surface area (Å²) in [4.78, 5) is 12.5. The van der Waals surface area contributed by atoms with E-state index in [4.69, 9.17) is 16.3 Å². The number of carbonyl (C=O) groups is 1. The number of amides is 1. The minimum absolute atomic E-state index is 0.109. The largest absolute Gasteiger partial charge is 0.482 e. The van der Waals surface area contributed by atoms with Crippen LogP contribution >= 0.6 is 39.3 Å². The summed E-state index contributed by atoms with van der Waals surface area (Å²) in [6.45, 7) is 10.4. The molecule has 3 rings (SSSR count). The first kappa shape index (κ1) is 25.6. The lowest BCUT2D eigenvalue weighted by Gasteiger charge is -2.21. The molecule has 2 aromatic carbocycles. The molecular formula is C24H28BrClN4O2S. The molecule has 0 saturated carbocycles. The third-order valence-electron chi connectivity index (χ3n) is 4.95. The third kappa shape index (κ3) is 6.52. The molecule has 0 aliphatic rings. The van der Waals surface area contributed by atoms with Crippen molar-refractivity contribution in [3.05, 3.63) is 63.3 Å². The fourth-order valence-electron chi connectivity index (χ4n) is 3.36. The van der Waals surface area contributed by atoms with Gasteiger partial charge in [0.25, 0.3) is 0 Å². The van der Waals surface area contributed by atoms with E-state index in [9.17, 15) is 4.79 Å². The normalized spacial score (nSPS) is 12.3. The number of hydrogen-bond donors (Lipinski definition) is 1. The van der Waals surface area contributed by atoms with E-state index in [1.165, 1.54) is 11.8 Å². The molecule has 1 N–H and O–H groups in total. The van der Waals surface area contributed by atoms with Crippen LogP contribution in [0.5, 0.6) is 5.75 Å². The molecule has 33 heavy (non-hydrogen) atoms. The molecule has 0 aliphatic heterocycles. The highest BCUT2D eigenvalue weighted by Gasteiger charge is 2.23. The van der Waals surface area contributed by atoms with Gasteiger partial charge in [-0.1, -0.05) is 55.4 Å². The number of anilines is 1. The van der Waals surface area contributed by atoms with Gasteiger partial charge in [-0.15, -0.1) is 10.2 Å². The number of hydrogen-bond acceptors (Lipinski definition) is 5. The van der Waals surface area contributed by atoms with Crippen LogP contribution in [-0.4, -0.2) is 26.4 Å². The van der Waals surface area contributed by atoms with Crippen LogP contribution in [0.3, 0.4) is 0 Å². The van der Waals surface area contributed by atoms with E-state index in [0.717, 1.165) is 21.6 Å². The first-order chi connectivity index (χ1) is 15.7. The highest BCUT2D eigenvalue weighted by Crippen LogP contribution is 2.32. The van der Waals surface area contributed by atoms with E-state index < -0.39 is 0 Å². The first-order valence-electron chi connectivity index (χ1n) is 10.8. The van der Waals surface area contributed by atoms with Crippen LogP contribution in [-0.2, 0) is 4.79 Å². The number of carbonyl (C=O) groups excluding carboxylic acids is 1. The Kier molecular flexibility index (Phi) is 8.84. The average molecular weight is 552 g/mol. The monoisotopic (exact) mass is 550 g/mol. The lowest BCUT2D eigenvalue weighted by atomic mass is 10.0. The SMILES string of the molecule is CC(C)c1ccccc1OC(C)c1nnc(SCC(=O)Nc2ccc(Br)c(Cl)c2)n1C(C)C. The molecular weight excluding hydrogens is 524 g/mol. The minimum atomic E-state index is -0.298. The van der Waals surface area contributed by atoms with Gasteiger partial charge in [-0.05, 0) is 72.4 Å². The van der Waals surface area contributed by atoms with E-state index >= 15 is 0 Å². The Balaban J connectivity index is 1.71. The molecule has 0 saturated heterocycles. The predicted molar refractivity (Wildman–Crippen MR) is 138 cm³/mol. The molecule has 1 amide bonds. The Morgan fingerprint density at radius 1 is 1.15 bits per heavy atom. The Morgan fingerprint density at radius 2 is 1.88 bits per heavy atom. The van der Waals surface area contributed by atoms with Gasteiger partial charge in [-0.2, -0.15) is 0 Å². The van der Waals surface area contributed by atoms with Crippen molar-refractivity contribution in [2.45, 2.75) is 57.8 Å². The number of halogens is 2. The molecule has 0 spiro atoms. The van der Waals surface area contributed by atoms with Gasteiger partial charge in [-0.25, -0.2) is 0 Å². The summed E-state index contributed by atoms with van der Waals surface area (Å²) in [6.07, 6.45) is -0.298. The van der Waals surface area contributed by atoms with Crippen molar-refractivity contribution in [1.29, 1.82) is 0 Å². The fourth-order valence-corrected chi connectivity index (χ4v) is 4.66. The van der Waals surface area contributed by atoms with Gasteiger partial charge in [0.2, 0.25) is 5.91 Å². The van der Waals surface area contributed by atoms with Crippen LogP contribution in [0, 0.1) is 0 Å². The topological polar surface area (TPSA) is 69.0 Å². The summed E-state index contributed by atoms with van der Waals surface area (Å²) < 4.78 is 9.10. The van der Waals surface area contributed by atoms with Crippen LogP contribution in [0.4, 0.5) is 5.69 Å². The number of rotatable bonds is 9. The van der Waals surface area contributed by atoms with Gasteiger partial charge >= 0.3 is 0 Å². The third-order valence-corrected chi connectivity index (χ3v) is 7.13. The van der Waals surface area contributed by atoms with Crippen LogP contribution in [0.15, 0.2) is 52.1 Å². The molecule has 176 valence electrons. The minimum Gasteiger partial charge on any atom is -0.482 e. The van der Waals surface area contributed by atoms with Crippen molar-refractivity contribution in [3.8, 4) is 5.75 Å². The highest BCUT2D eigenvalue weighted by molar-refractivity contribution is 9.10. The highest BCUT2D eigenvalue weighted by atomic mass is 79.9. The Hall–Kier alpha value is -2.03. The van der Waals surface area contributed by atoms with Gasteiger partial charge < -0.3 is 14.6 Å². The van der Waals surface area contributed by atoms with Gasteiger partial charge in [0.15, 0.2) is 17.1 Å². The van der Waals surface area contributed by atoms with Gasteiger partial charge in [0.1, 0.15) is 5.75 Å². The lowest BCUT2D eigenvalue weighted by Crippen LogP contribution is -2.17. The van der Waals surface area contributed by atoms with Gasteiger partial charge in [-0.3, -0.25) is 4.79 Å². The summed E-state index contributed by atoms with van der Waals surface area (Å²) in [5.41, 5.74) is 1.80. The van der Waals surface area contributed by atoms with Gasteiger partial charge in [0, 0.05) is 16.2 Å². The van der Waals surface area contributed by atoms with E-state index in [-0.39, 0.29) is 23.8 Å². The standard InChI is InChI=1S/C24H28BrClN4O2S/c1-14(2)18-8-6-7-9-21(18)32-16(5)23-28-29-24(30(23)15(3)4)33-13-22(31)27-17-10-11-19(25)20(26)12-17/h6-12,14-16H,13H2,1-5H3,(H,27,31). The van der Waals surface area contributed by atoms with E-state index in [0.29, 0.717) is 21.8 Å². The molecule has 0 bridgehead atoms. The second-order valence-corrected chi connectivity index (χ2v) is 10.4. The summed E-state index contributed by atoms with van der Waals surface area (Å²) >= 11 is 10.8. The first-order valence-corrected chi connectivity index (χ1v) is 12.9. The van der Waals surface area contributed by atoms with Crippen LogP contribution in [0.1, 0.15) is 64.1 Å². The van der Waals surface area contributed by atoms with Crippen molar-refractivity contribution in [2.75, 3.05) is 11.1 Å². The number of nitrogens with zero attached hydrogens (tertiary/aromatic N) is 3. The molecule has 9 heteroatoms. The average Bonchev–Trinajstić information content (AvgIpc) is 3.19.